The summed E-state index contributed by atoms with van der Waals surface area (Å²) in [6.45, 7) is 0.173. The fourth-order valence-electron chi connectivity index (χ4n) is 3.51. The molecule has 4 rings (SSSR count). The number of alkyl halides is 3. The van der Waals surface area contributed by atoms with Gasteiger partial charge in [0.1, 0.15) is 16.7 Å². The number of nitrogens with one attached hydrogen (secondary N) is 2. The van der Waals surface area contributed by atoms with Gasteiger partial charge in [-0.1, -0.05) is 54.1 Å². The highest BCUT2D eigenvalue weighted by Gasteiger charge is 2.47. The smallest absolute Gasteiger partial charge is 0.362 e. The fourth-order valence-corrected chi connectivity index (χ4v) is 3.78. The number of anilines is 1. The summed E-state index contributed by atoms with van der Waals surface area (Å²) >= 11 is 6.28. The van der Waals surface area contributed by atoms with Gasteiger partial charge in [0.2, 0.25) is 0 Å². The van der Waals surface area contributed by atoms with Gasteiger partial charge in [0.15, 0.2) is 11.7 Å². The summed E-state index contributed by atoms with van der Waals surface area (Å²) in [5.41, 5.74) is 0.988. The quantitative estimate of drug-likeness (QED) is 0.530. The molecule has 2 heterocycles. The van der Waals surface area contributed by atoms with E-state index in [0.717, 1.165) is 5.56 Å². The monoisotopic (exact) mass is 452 g/mol. The lowest BCUT2D eigenvalue weighted by Gasteiger charge is -2.33. The zero-order valence-electron chi connectivity index (χ0n) is 16.0. The molecule has 0 saturated heterocycles. The summed E-state index contributed by atoms with van der Waals surface area (Å²) in [5.74, 6) is -1.28. The third kappa shape index (κ3) is 4.36. The fraction of sp³-hybridized carbons (Fsp3) is 0.238. The Kier molecular flexibility index (Phi) is 5.62. The van der Waals surface area contributed by atoms with Gasteiger partial charge in [0.05, 0.1) is 6.04 Å². The number of carbonyl (C=O) groups is 1. The van der Waals surface area contributed by atoms with Crippen LogP contribution in [-0.2, 0) is 6.54 Å². The molecule has 0 unspecified atom stereocenters. The summed E-state index contributed by atoms with van der Waals surface area (Å²) in [6, 6.07) is 11.4. The molecule has 2 aromatic carbocycles. The molecule has 1 amide bonds. The molecule has 10 heteroatoms. The molecule has 5 nitrogen and oxygen atoms in total. The van der Waals surface area contributed by atoms with Crippen molar-refractivity contribution in [3.05, 3.63) is 82.3 Å². The molecule has 2 atom stereocenters. The van der Waals surface area contributed by atoms with E-state index >= 15 is 0 Å². The second kappa shape index (κ2) is 8.22. The Labute approximate surface area is 180 Å². The number of hydrogen-bond acceptors (Lipinski definition) is 3. The normalized spacial score (nSPS) is 18.2. The van der Waals surface area contributed by atoms with Gasteiger partial charge in [0.25, 0.3) is 5.91 Å². The van der Waals surface area contributed by atoms with Crippen LogP contribution in [0.2, 0.25) is 5.02 Å². The van der Waals surface area contributed by atoms with Crippen molar-refractivity contribution in [3.63, 3.8) is 0 Å². The standard InChI is InChI=1S/C21H17ClF4N4O/c22-17-18(20(31)27-11-12-4-2-1-3-5-12)29-30-16(21(24,25)26)10-15(28-19(17)30)13-6-8-14(23)9-7-13/h1-9,15-16,28H,10-11H2,(H,27,31)/t15-,16+/m0/s1. The van der Waals surface area contributed by atoms with E-state index < -0.39 is 30.0 Å². The maximum absolute atomic E-state index is 13.8. The largest absolute Gasteiger partial charge is 0.410 e. The summed E-state index contributed by atoms with van der Waals surface area (Å²) in [7, 11) is 0. The van der Waals surface area contributed by atoms with Crippen molar-refractivity contribution in [1.82, 2.24) is 15.1 Å². The molecule has 0 radical (unpaired) electrons. The summed E-state index contributed by atoms with van der Waals surface area (Å²) in [5, 5.41) is 9.22. The third-order valence-electron chi connectivity index (χ3n) is 5.08. The van der Waals surface area contributed by atoms with E-state index in [1.165, 1.54) is 24.3 Å². The lowest BCUT2D eigenvalue weighted by Crippen LogP contribution is -2.36. The van der Waals surface area contributed by atoms with Crippen molar-refractivity contribution in [1.29, 1.82) is 0 Å². The van der Waals surface area contributed by atoms with Crippen LogP contribution in [0.15, 0.2) is 54.6 Å². The first kappa shape index (κ1) is 21.2. The van der Waals surface area contributed by atoms with Gasteiger partial charge < -0.3 is 10.6 Å². The molecule has 0 aliphatic carbocycles. The van der Waals surface area contributed by atoms with Crippen LogP contribution in [0.4, 0.5) is 23.4 Å². The first-order valence-electron chi connectivity index (χ1n) is 9.43. The molecule has 0 spiro atoms. The molecule has 2 N–H and O–H groups in total. The molecule has 0 saturated carbocycles. The van der Waals surface area contributed by atoms with E-state index in [1.807, 2.05) is 6.07 Å². The number of aromatic nitrogens is 2. The molecule has 3 aromatic rings. The molecule has 0 bridgehead atoms. The maximum Gasteiger partial charge on any atom is 0.410 e. The Hall–Kier alpha value is -3.07. The Morgan fingerprint density at radius 2 is 1.84 bits per heavy atom. The predicted octanol–water partition coefficient (Wildman–Crippen LogP) is 5.27. The van der Waals surface area contributed by atoms with Crippen molar-refractivity contribution >= 4 is 23.3 Å². The molecular formula is C21H17ClF4N4O. The number of halogens is 5. The van der Waals surface area contributed by atoms with E-state index in [9.17, 15) is 22.4 Å². The Balaban J connectivity index is 1.64. The molecule has 1 aromatic heterocycles. The van der Waals surface area contributed by atoms with Gasteiger partial charge in [-0.15, -0.1) is 0 Å². The van der Waals surface area contributed by atoms with Gasteiger partial charge in [-0.2, -0.15) is 18.3 Å². The lowest BCUT2D eigenvalue weighted by atomic mass is 9.97. The number of carbonyl (C=O) groups excluding carboxylic acids is 1. The first-order valence-corrected chi connectivity index (χ1v) is 9.80. The molecule has 1 aliphatic rings. The van der Waals surface area contributed by atoms with Gasteiger partial charge in [-0.05, 0) is 23.3 Å². The Bertz CT molecular complexity index is 1080. The number of nitrogens with zero attached hydrogens (tertiary/aromatic N) is 2. The van der Waals surface area contributed by atoms with Crippen LogP contribution in [0.25, 0.3) is 0 Å². The van der Waals surface area contributed by atoms with E-state index in [4.69, 9.17) is 11.6 Å². The van der Waals surface area contributed by atoms with Crippen molar-refractivity contribution in [2.75, 3.05) is 5.32 Å². The summed E-state index contributed by atoms with van der Waals surface area (Å²) in [4.78, 5) is 12.6. The number of amides is 1. The number of fused-ring (bicyclic) bond motifs is 1. The maximum atomic E-state index is 13.8. The third-order valence-corrected chi connectivity index (χ3v) is 5.44. The zero-order chi connectivity index (χ0) is 22.2. The first-order chi connectivity index (χ1) is 14.7. The van der Waals surface area contributed by atoms with Crippen LogP contribution in [0.1, 0.15) is 40.1 Å². The van der Waals surface area contributed by atoms with Crippen LogP contribution in [0.3, 0.4) is 0 Å². The highest BCUT2D eigenvalue weighted by Crippen LogP contribution is 2.46. The molecule has 1 aliphatic heterocycles. The predicted molar refractivity (Wildman–Crippen MR) is 107 cm³/mol. The van der Waals surface area contributed by atoms with Crippen molar-refractivity contribution in [2.24, 2.45) is 0 Å². The van der Waals surface area contributed by atoms with Crippen molar-refractivity contribution in [2.45, 2.75) is 31.2 Å². The molecule has 31 heavy (non-hydrogen) atoms. The number of rotatable bonds is 4. The molecular weight excluding hydrogens is 436 g/mol. The lowest BCUT2D eigenvalue weighted by molar-refractivity contribution is -0.173. The minimum absolute atomic E-state index is 0.102. The van der Waals surface area contributed by atoms with Crippen LogP contribution in [0, 0.1) is 5.82 Å². The van der Waals surface area contributed by atoms with Crippen molar-refractivity contribution in [3.8, 4) is 0 Å². The van der Waals surface area contributed by atoms with Gasteiger partial charge in [-0.25, -0.2) is 9.07 Å². The zero-order valence-corrected chi connectivity index (χ0v) is 16.7. The van der Waals surface area contributed by atoms with Crippen LogP contribution in [0.5, 0.6) is 0 Å². The van der Waals surface area contributed by atoms with Gasteiger partial charge >= 0.3 is 6.18 Å². The Morgan fingerprint density at radius 1 is 1.16 bits per heavy atom. The Morgan fingerprint density at radius 3 is 2.48 bits per heavy atom. The van der Waals surface area contributed by atoms with Crippen LogP contribution < -0.4 is 10.6 Å². The SMILES string of the molecule is O=C(NCc1ccccc1)c1nn2c(c1Cl)N[C@H](c1ccc(F)cc1)C[C@@H]2C(F)(F)F. The topological polar surface area (TPSA) is 59.0 Å². The molecule has 0 fully saturated rings. The van der Waals surface area contributed by atoms with Crippen LogP contribution in [-0.4, -0.2) is 21.9 Å². The molecule has 162 valence electrons. The number of benzene rings is 2. The highest BCUT2D eigenvalue weighted by molar-refractivity contribution is 6.36. The van der Waals surface area contributed by atoms with E-state index in [2.05, 4.69) is 15.7 Å². The van der Waals surface area contributed by atoms with Crippen molar-refractivity contribution < 1.29 is 22.4 Å². The van der Waals surface area contributed by atoms with Gasteiger partial charge in [-0.3, -0.25) is 4.79 Å². The number of hydrogen-bond donors (Lipinski definition) is 2. The van der Waals surface area contributed by atoms with Gasteiger partial charge in [0, 0.05) is 13.0 Å². The van der Waals surface area contributed by atoms with Crippen LogP contribution >= 0.6 is 11.6 Å². The highest BCUT2D eigenvalue weighted by atomic mass is 35.5. The van der Waals surface area contributed by atoms with E-state index in [0.29, 0.717) is 10.2 Å². The average molecular weight is 453 g/mol. The minimum Gasteiger partial charge on any atom is -0.362 e. The summed E-state index contributed by atoms with van der Waals surface area (Å²) < 4.78 is 55.3. The average Bonchev–Trinajstić information content (AvgIpc) is 3.08. The van der Waals surface area contributed by atoms with E-state index in [-0.39, 0.29) is 29.5 Å². The second-order valence-corrected chi connectivity index (χ2v) is 7.54. The van der Waals surface area contributed by atoms with E-state index in [1.54, 1.807) is 24.3 Å². The second-order valence-electron chi connectivity index (χ2n) is 7.17. The minimum atomic E-state index is -4.62. The summed E-state index contributed by atoms with van der Waals surface area (Å²) in [6.07, 6.45) is -5.01.